The van der Waals surface area contributed by atoms with E-state index < -0.39 is 17.3 Å². The van der Waals surface area contributed by atoms with Crippen molar-refractivity contribution in [1.82, 2.24) is 24.6 Å². The number of carbonyl (C=O) groups is 1. The number of hydrogen-bond acceptors (Lipinski definition) is 11. The molecule has 2 saturated carbocycles. The summed E-state index contributed by atoms with van der Waals surface area (Å²) in [6, 6.07) is 12.4. The second kappa shape index (κ2) is 20.7. The van der Waals surface area contributed by atoms with Crippen LogP contribution in [0.25, 0.3) is 11.8 Å². The van der Waals surface area contributed by atoms with E-state index in [0.29, 0.717) is 95.1 Å². The quantitative estimate of drug-likeness (QED) is 0.0191. The van der Waals surface area contributed by atoms with E-state index in [9.17, 15) is 18.8 Å². The van der Waals surface area contributed by atoms with Gasteiger partial charge in [0.1, 0.15) is 11.7 Å². The number of rotatable bonds is 16. The van der Waals surface area contributed by atoms with Gasteiger partial charge in [0, 0.05) is 79.9 Å². The molecule has 2 atom stereocenters. The first-order valence-corrected chi connectivity index (χ1v) is 21.9. The Hall–Kier alpha value is -6.88. The number of halogens is 2. The van der Waals surface area contributed by atoms with Crippen LogP contribution in [0.2, 0.25) is 0 Å². The number of imidazole rings is 1. The minimum absolute atomic E-state index is 0.0412. The monoisotopic (exact) mass is 890 g/mol. The number of ether oxygens (including phenoxy) is 1. The first-order chi connectivity index (χ1) is 31.4. The molecule has 0 bridgehead atoms. The van der Waals surface area contributed by atoms with Gasteiger partial charge in [-0.3, -0.25) is 23.4 Å². The SMILES string of the molecule is CC1CC1c1noc(=O)[nH]1.Cc1cc(N=C(/C(C/C=C/c2cc(C3CCOCC3)ccc2N)=C(\N)CCNC=O)n2ccn(-c3ccc(NCC4CC4)c(C=N)c3F)c2=O)cc(C)c1F. The van der Waals surface area contributed by atoms with Crippen molar-refractivity contribution in [3.05, 3.63) is 139 Å². The lowest BCUT2D eigenvalue weighted by molar-refractivity contribution is -0.109. The van der Waals surface area contributed by atoms with Crippen LogP contribution in [0.4, 0.5) is 25.8 Å². The highest BCUT2D eigenvalue weighted by Gasteiger charge is 2.37. The Balaban J connectivity index is 0.000000550. The van der Waals surface area contributed by atoms with E-state index in [1.807, 2.05) is 24.3 Å². The van der Waals surface area contributed by atoms with E-state index in [4.69, 9.17) is 26.6 Å². The van der Waals surface area contributed by atoms with Gasteiger partial charge in [-0.25, -0.2) is 23.4 Å². The van der Waals surface area contributed by atoms with Crippen molar-refractivity contribution in [1.29, 1.82) is 5.41 Å². The van der Waals surface area contributed by atoms with Crippen molar-refractivity contribution in [3.63, 3.8) is 0 Å². The number of nitrogen functional groups attached to an aromatic ring is 1. The number of aryl methyl sites for hydroxylation is 2. The molecular weight excluding hydrogens is 835 g/mol. The van der Waals surface area contributed by atoms with E-state index in [-0.39, 0.29) is 42.3 Å². The van der Waals surface area contributed by atoms with Gasteiger partial charge in [-0.15, -0.1) is 0 Å². The van der Waals surface area contributed by atoms with Crippen LogP contribution in [0.15, 0.2) is 91.3 Å². The first-order valence-electron chi connectivity index (χ1n) is 21.9. The Morgan fingerprint density at radius 2 is 1.78 bits per heavy atom. The number of anilines is 2. The first kappa shape index (κ1) is 46.1. The number of nitrogens with two attached hydrogens (primary N) is 2. The lowest BCUT2D eigenvalue weighted by atomic mass is 9.90. The van der Waals surface area contributed by atoms with E-state index in [1.54, 1.807) is 32.0 Å². The molecule has 8 N–H and O–H groups in total. The maximum atomic E-state index is 16.1. The third-order valence-electron chi connectivity index (χ3n) is 12.1. The minimum Gasteiger partial charge on any atom is -0.402 e. The number of benzene rings is 3. The summed E-state index contributed by atoms with van der Waals surface area (Å²) in [5, 5.41) is 17.4. The molecule has 3 heterocycles. The summed E-state index contributed by atoms with van der Waals surface area (Å²) in [5.41, 5.74) is 17.5. The van der Waals surface area contributed by atoms with Crippen molar-refractivity contribution in [2.75, 3.05) is 37.4 Å². The number of amides is 1. The summed E-state index contributed by atoms with van der Waals surface area (Å²) >= 11 is 0. The third-order valence-corrected chi connectivity index (χ3v) is 12.1. The summed E-state index contributed by atoms with van der Waals surface area (Å²) in [5.74, 6) is 1.29. The van der Waals surface area contributed by atoms with Crippen molar-refractivity contribution < 1.29 is 22.8 Å². The smallest absolute Gasteiger partial charge is 0.402 e. The van der Waals surface area contributed by atoms with Gasteiger partial charge < -0.3 is 32.2 Å². The van der Waals surface area contributed by atoms with Crippen LogP contribution < -0.4 is 33.5 Å². The molecule has 65 heavy (non-hydrogen) atoms. The number of allylic oxidation sites excluding steroid dienone is 2. The molecule has 15 nitrogen and oxygen atoms in total. The highest BCUT2D eigenvalue weighted by Crippen LogP contribution is 2.44. The molecule has 3 aromatic carbocycles. The fourth-order valence-corrected chi connectivity index (χ4v) is 7.95. The van der Waals surface area contributed by atoms with Gasteiger partial charge in [0.05, 0.1) is 16.9 Å². The Bertz CT molecular complexity index is 2710. The van der Waals surface area contributed by atoms with Crippen LogP contribution >= 0.6 is 0 Å². The molecule has 2 aromatic heterocycles. The molecule has 3 fully saturated rings. The number of nitrogens with one attached hydrogen (secondary N) is 4. The van der Waals surface area contributed by atoms with Crippen molar-refractivity contribution in [2.24, 2.45) is 22.6 Å². The van der Waals surface area contributed by atoms with Gasteiger partial charge in [-0.1, -0.05) is 30.3 Å². The summed E-state index contributed by atoms with van der Waals surface area (Å²) < 4.78 is 43.2. The second-order valence-electron chi connectivity index (χ2n) is 17.0. The maximum Gasteiger partial charge on any atom is 0.438 e. The van der Waals surface area contributed by atoms with Crippen LogP contribution in [0, 0.1) is 42.7 Å². The van der Waals surface area contributed by atoms with Gasteiger partial charge in [0.25, 0.3) is 0 Å². The van der Waals surface area contributed by atoms with E-state index >= 15 is 4.39 Å². The predicted octanol–water partition coefficient (Wildman–Crippen LogP) is 7.35. The second-order valence-corrected chi connectivity index (χ2v) is 17.0. The maximum absolute atomic E-state index is 16.1. The summed E-state index contributed by atoms with van der Waals surface area (Å²) in [4.78, 5) is 43.4. The van der Waals surface area contributed by atoms with Crippen LogP contribution in [-0.2, 0) is 9.53 Å². The molecule has 0 spiro atoms. The Kier molecular flexibility index (Phi) is 14.7. The highest BCUT2D eigenvalue weighted by molar-refractivity contribution is 6.02. The lowest BCUT2D eigenvalue weighted by Gasteiger charge is -2.23. The Labute approximate surface area is 375 Å². The molecule has 2 aliphatic carbocycles. The molecule has 8 rings (SSSR count). The number of hydrogen-bond donors (Lipinski definition) is 6. The number of aromatic amines is 1. The van der Waals surface area contributed by atoms with Gasteiger partial charge in [-0.05, 0) is 129 Å². The van der Waals surface area contributed by atoms with Gasteiger partial charge in [0.2, 0.25) is 6.41 Å². The normalized spacial score (nSPS) is 17.9. The van der Waals surface area contributed by atoms with E-state index in [0.717, 1.165) is 48.4 Å². The lowest BCUT2D eigenvalue weighted by Crippen LogP contribution is -2.31. The predicted molar refractivity (Wildman–Crippen MR) is 248 cm³/mol. The van der Waals surface area contributed by atoms with Crippen molar-refractivity contribution in [2.45, 2.75) is 77.6 Å². The third kappa shape index (κ3) is 11.3. The molecule has 2 unspecified atom stereocenters. The number of aliphatic imine (C=N–C) groups is 1. The van der Waals surface area contributed by atoms with Crippen LogP contribution in [0.1, 0.15) is 97.3 Å². The van der Waals surface area contributed by atoms with Crippen molar-refractivity contribution in [3.8, 4) is 5.69 Å². The van der Waals surface area contributed by atoms with Gasteiger partial charge >= 0.3 is 11.4 Å². The standard InChI is InChI=1S/C42H48F2N8O3.C6H8N2O2/c1-26-20-32(21-27(2)39(26)43)50-41(52-17-16-51(42(52)54)38-11-10-37(34(23-45)40(38)44)49-24-28-6-7-28)33(36(47)12-15-48-25-53)5-3-4-31-22-30(8-9-35(31)46)29-13-18-55-19-14-29;1-3-2-4(3)5-7-6(9)10-8-5/h3-4,8-11,16-17,20-23,25,28-29,45,49H,5-7,12-15,18-19,24,46-47H2,1-2H3,(H,48,53);3-4H,2H2,1H3,(H,7,8,9)/b4-3+,36-33-,45-23?,50-41?;. The Morgan fingerprint density at radius 1 is 1.05 bits per heavy atom. The van der Waals surface area contributed by atoms with Crippen molar-refractivity contribution >= 4 is 41.6 Å². The molecule has 0 radical (unpaired) electrons. The molecule has 17 heteroatoms. The van der Waals surface area contributed by atoms with Crippen LogP contribution in [0.3, 0.4) is 0 Å². The van der Waals surface area contributed by atoms with E-state index in [2.05, 4.69) is 38.3 Å². The van der Waals surface area contributed by atoms with Crippen LogP contribution in [-0.4, -0.2) is 64.0 Å². The minimum atomic E-state index is -0.724. The zero-order valence-corrected chi connectivity index (χ0v) is 36.8. The number of aromatic nitrogens is 4. The zero-order chi connectivity index (χ0) is 46.2. The number of nitrogens with zero attached hydrogens (tertiary/aromatic N) is 4. The topological polar surface area (TPSA) is 224 Å². The molecule has 1 amide bonds. The average molecular weight is 891 g/mol. The number of H-pyrrole nitrogens is 1. The molecule has 1 saturated heterocycles. The van der Waals surface area contributed by atoms with Gasteiger partial charge in [-0.2, -0.15) is 0 Å². The largest absolute Gasteiger partial charge is 0.438 e. The molecule has 342 valence electrons. The average Bonchev–Trinajstić information content (AvgIpc) is 4.19. The zero-order valence-electron chi connectivity index (χ0n) is 36.8. The van der Waals surface area contributed by atoms with E-state index in [1.165, 1.54) is 28.6 Å². The summed E-state index contributed by atoms with van der Waals surface area (Å²) in [6.07, 6.45) is 13.8. The molecule has 1 aliphatic heterocycles. The fraction of sp³-hybridized carbons (Fsp3) is 0.375. The molecule has 5 aromatic rings. The van der Waals surface area contributed by atoms with Gasteiger partial charge in [0.15, 0.2) is 11.6 Å². The Morgan fingerprint density at radius 3 is 2.43 bits per heavy atom. The fourth-order valence-electron chi connectivity index (χ4n) is 7.95. The highest BCUT2D eigenvalue weighted by atomic mass is 19.1. The van der Waals surface area contributed by atoms with Crippen LogP contribution in [0.5, 0.6) is 0 Å². The summed E-state index contributed by atoms with van der Waals surface area (Å²) in [6.45, 7) is 7.71. The molecular formula is C48H56F2N10O5. The summed E-state index contributed by atoms with van der Waals surface area (Å²) in [7, 11) is 0. The number of carbonyl (C=O) groups excluding carboxylic acids is 1. The molecule has 3 aliphatic rings.